The first-order valence-corrected chi connectivity index (χ1v) is 7.98. The van der Waals surface area contributed by atoms with Crippen LogP contribution in [0.1, 0.15) is 43.8 Å². The van der Waals surface area contributed by atoms with E-state index in [0.29, 0.717) is 6.54 Å². The van der Waals surface area contributed by atoms with E-state index in [9.17, 15) is 9.90 Å². The van der Waals surface area contributed by atoms with E-state index in [-0.39, 0.29) is 11.8 Å². The first-order valence-electron chi connectivity index (χ1n) is 7.98. The number of amides is 1. The fourth-order valence-electron chi connectivity index (χ4n) is 3.16. The molecule has 5 nitrogen and oxygen atoms in total. The van der Waals surface area contributed by atoms with Gasteiger partial charge in [-0.15, -0.1) is 0 Å². The first-order chi connectivity index (χ1) is 10.2. The molecule has 2 rings (SSSR count). The molecule has 1 saturated heterocycles. The Morgan fingerprint density at radius 2 is 1.91 bits per heavy atom. The number of aliphatic hydroxyl groups is 1. The zero-order valence-corrected chi connectivity index (χ0v) is 14.3. The van der Waals surface area contributed by atoms with Crippen molar-refractivity contribution in [3.8, 4) is 0 Å². The molecular formula is C17H28N2O3. The molecule has 5 heteroatoms. The van der Waals surface area contributed by atoms with Crippen LogP contribution in [0.25, 0.3) is 0 Å². The quantitative estimate of drug-likeness (QED) is 0.923. The van der Waals surface area contributed by atoms with Gasteiger partial charge >= 0.3 is 0 Å². The molecule has 2 heterocycles. The van der Waals surface area contributed by atoms with E-state index < -0.39 is 5.60 Å². The monoisotopic (exact) mass is 308 g/mol. The summed E-state index contributed by atoms with van der Waals surface area (Å²) in [5, 5.41) is 9.88. The van der Waals surface area contributed by atoms with Gasteiger partial charge in [-0.25, -0.2) is 0 Å². The Labute approximate surface area is 132 Å². The van der Waals surface area contributed by atoms with Gasteiger partial charge in [0.05, 0.1) is 11.5 Å². The van der Waals surface area contributed by atoms with Crippen LogP contribution in [0.5, 0.6) is 0 Å². The minimum absolute atomic E-state index is 0.159. The van der Waals surface area contributed by atoms with Gasteiger partial charge in [-0.3, -0.25) is 9.69 Å². The molecule has 124 valence electrons. The smallest absolute Gasteiger partial charge is 0.230 e. The molecule has 1 aromatic rings. The van der Waals surface area contributed by atoms with Crippen molar-refractivity contribution in [3.63, 3.8) is 0 Å². The van der Waals surface area contributed by atoms with E-state index in [2.05, 4.69) is 4.90 Å². The van der Waals surface area contributed by atoms with Crippen LogP contribution in [-0.4, -0.2) is 59.1 Å². The standard InChI is InChI=1S/C17H28N2O3/c1-12-10-15(14(3)22-12)13(2)16(20)19-8-6-18(7-9-19)11-17(4,5)21/h10,13,21H,6-9,11H2,1-5H3/t13-/m1/s1. The topological polar surface area (TPSA) is 56.9 Å². The lowest BCUT2D eigenvalue weighted by molar-refractivity contribution is -0.134. The third-order valence-electron chi connectivity index (χ3n) is 4.21. The largest absolute Gasteiger partial charge is 0.466 e. The lowest BCUT2D eigenvalue weighted by Gasteiger charge is -2.38. The maximum Gasteiger partial charge on any atom is 0.230 e. The Morgan fingerprint density at radius 1 is 1.32 bits per heavy atom. The molecule has 0 unspecified atom stereocenters. The molecule has 1 aliphatic rings. The molecule has 1 amide bonds. The van der Waals surface area contributed by atoms with Crippen LogP contribution < -0.4 is 0 Å². The van der Waals surface area contributed by atoms with E-state index in [1.165, 1.54) is 0 Å². The second-order valence-corrected chi connectivity index (χ2v) is 7.00. The molecule has 0 radical (unpaired) electrons. The lowest BCUT2D eigenvalue weighted by Crippen LogP contribution is -2.52. The van der Waals surface area contributed by atoms with Gasteiger partial charge < -0.3 is 14.4 Å². The second kappa shape index (κ2) is 6.42. The van der Waals surface area contributed by atoms with Crippen molar-refractivity contribution in [2.75, 3.05) is 32.7 Å². The first kappa shape index (κ1) is 17.0. The highest BCUT2D eigenvalue weighted by Crippen LogP contribution is 2.25. The average Bonchev–Trinajstić information content (AvgIpc) is 2.75. The van der Waals surface area contributed by atoms with Gasteiger partial charge in [-0.1, -0.05) is 0 Å². The summed E-state index contributed by atoms with van der Waals surface area (Å²) in [7, 11) is 0. The van der Waals surface area contributed by atoms with Gasteiger partial charge in [0, 0.05) is 38.3 Å². The van der Waals surface area contributed by atoms with Crippen molar-refractivity contribution in [2.24, 2.45) is 0 Å². The summed E-state index contributed by atoms with van der Waals surface area (Å²) >= 11 is 0. The number of furan rings is 1. The maximum atomic E-state index is 12.7. The summed E-state index contributed by atoms with van der Waals surface area (Å²) in [6.07, 6.45) is 0. The van der Waals surface area contributed by atoms with Crippen molar-refractivity contribution < 1.29 is 14.3 Å². The summed E-state index contributed by atoms with van der Waals surface area (Å²) in [6.45, 7) is 13.1. The fraction of sp³-hybridized carbons (Fsp3) is 0.706. The average molecular weight is 308 g/mol. The van der Waals surface area contributed by atoms with Crippen molar-refractivity contribution in [1.82, 2.24) is 9.80 Å². The lowest BCUT2D eigenvalue weighted by atomic mass is 9.99. The summed E-state index contributed by atoms with van der Waals surface area (Å²) in [4.78, 5) is 16.8. The Kier molecular flexibility index (Phi) is 4.97. The number of β-amino-alcohol motifs (C(OH)–C–C–N with tert-alkyl or cyclic N) is 1. The van der Waals surface area contributed by atoms with E-state index >= 15 is 0 Å². The van der Waals surface area contributed by atoms with Gasteiger partial charge in [0.15, 0.2) is 0 Å². The van der Waals surface area contributed by atoms with Crippen LogP contribution in [-0.2, 0) is 4.79 Å². The number of carbonyl (C=O) groups is 1. The Morgan fingerprint density at radius 3 is 2.36 bits per heavy atom. The molecule has 0 aromatic carbocycles. The SMILES string of the molecule is Cc1cc([C@@H](C)C(=O)N2CCN(CC(C)(C)O)CC2)c(C)o1. The predicted molar refractivity (Wildman–Crippen MR) is 85.9 cm³/mol. The molecule has 1 fully saturated rings. The highest BCUT2D eigenvalue weighted by atomic mass is 16.3. The van der Waals surface area contributed by atoms with Crippen molar-refractivity contribution in [2.45, 2.75) is 46.1 Å². The van der Waals surface area contributed by atoms with Crippen LogP contribution in [0.15, 0.2) is 10.5 Å². The zero-order chi connectivity index (χ0) is 16.5. The molecule has 1 aromatic heterocycles. The van der Waals surface area contributed by atoms with Crippen molar-refractivity contribution in [1.29, 1.82) is 0 Å². The fourth-order valence-corrected chi connectivity index (χ4v) is 3.16. The number of hydrogen-bond acceptors (Lipinski definition) is 4. The van der Waals surface area contributed by atoms with E-state index in [0.717, 1.165) is 43.3 Å². The Hall–Kier alpha value is -1.33. The van der Waals surface area contributed by atoms with E-state index in [1.807, 2.05) is 45.6 Å². The Bertz CT molecular complexity index is 522. The summed E-state index contributed by atoms with van der Waals surface area (Å²) < 4.78 is 5.54. The third-order valence-corrected chi connectivity index (χ3v) is 4.21. The number of hydrogen-bond donors (Lipinski definition) is 1. The maximum absolute atomic E-state index is 12.7. The summed E-state index contributed by atoms with van der Waals surface area (Å²) in [5.74, 6) is 1.67. The Balaban J connectivity index is 1.93. The van der Waals surface area contributed by atoms with Gasteiger partial charge in [0.2, 0.25) is 5.91 Å². The van der Waals surface area contributed by atoms with Crippen LogP contribution in [0.3, 0.4) is 0 Å². The normalized spacial score (nSPS) is 18.5. The molecule has 1 atom stereocenters. The van der Waals surface area contributed by atoms with Crippen molar-refractivity contribution in [3.05, 3.63) is 23.2 Å². The highest BCUT2D eigenvalue weighted by molar-refractivity contribution is 5.83. The van der Waals surface area contributed by atoms with Gasteiger partial charge in [-0.2, -0.15) is 0 Å². The van der Waals surface area contributed by atoms with Crippen LogP contribution in [0.2, 0.25) is 0 Å². The molecule has 0 bridgehead atoms. The number of aryl methyl sites for hydroxylation is 2. The molecular weight excluding hydrogens is 280 g/mol. The summed E-state index contributed by atoms with van der Waals surface area (Å²) in [6, 6.07) is 1.96. The minimum atomic E-state index is -0.690. The van der Waals surface area contributed by atoms with Crippen LogP contribution in [0, 0.1) is 13.8 Å². The minimum Gasteiger partial charge on any atom is -0.466 e. The number of piperazine rings is 1. The van der Waals surface area contributed by atoms with Gasteiger partial charge in [0.25, 0.3) is 0 Å². The molecule has 22 heavy (non-hydrogen) atoms. The number of carbonyl (C=O) groups excluding carboxylic acids is 1. The van der Waals surface area contributed by atoms with E-state index in [4.69, 9.17) is 4.42 Å². The van der Waals surface area contributed by atoms with Gasteiger partial charge in [0.1, 0.15) is 11.5 Å². The van der Waals surface area contributed by atoms with Gasteiger partial charge in [-0.05, 0) is 40.7 Å². The van der Waals surface area contributed by atoms with E-state index in [1.54, 1.807) is 0 Å². The van der Waals surface area contributed by atoms with Crippen LogP contribution in [0.4, 0.5) is 0 Å². The summed E-state index contributed by atoms with van der Waals surface area (Å²) in [5.41, 5.74) is 0.298. The third kappa shape index (κ3) is 4.11. The van der Waals surface area contributed by atoms with Crippen LogP contribution >= 0.6 is 0 Å². The number of rotatable bonds is 4. The molecule has 1 N–H and O–H groups in total. The molecule has 1 aliphatic heterocycles. The molecule has 0 aliphatic carbocycles. The zero-order valence-electron chi connectivity index (χ0n) is 14.3. The highest BCUT2D eigenvalue weighted by Gasteiger charge is 2.29. The number of nitrogens with zero attached hydrogens (tertiary/aromatic N) is 2. The second-order valence-electron chi connectivity index (χ2n) is 7.00. The van der Waals surface area contributed by atoms with Crippen molar-refractivity contribution >= 4 is 5.91 Å². The molecule has 0 spiro atoms. The molecule has 0 saturated carbocycles. The predicted octanol–water partition coefficient (Wildman–Crippen LogP) is 1.92.